The minimum absolute atomic E-state index is 0.0939. The van der Waals surface area contributed by atoms with Crippen LogP contribution in [0.15, 0.2) is 0 Å². The molecule has 3 heteroatoms. The number of nitrogens with one attached hydrogen (secondary N) is 1. The van der Waals surface area contributed by atoms with Gasteiger partial charge in [0.2, 0.25) is 0 Å². The maximum atomic E-state index is 5.86. The Bertz CT molecular complexity index is 221. The highest BCUT2D eigenvalue weighted by Gasteiger charge is 2.30. The smallest absolute Gasteiger partial charge is 0.0666 e. The van der Waals surface area contributed by atoms with Crippen LogP contribution in [0.25, 0.3) is 0 Å². The number of hydrogen-bond acceptors (Lipinski definition) is 3. The first-order chi connectivity index (χ1) is 8.56. The van der Waals surface area contributed by atoms with E-state index in [0.717, 1.165) is 45.4 Å². The Kier molecular flexibility index (Phi) is 7.20. The van der Waals surface area contributed by atoms with E-state index in [1.165, 1.54) is 6.42 Å². The summed E-state index contributed by atoms with van der Waals surface area (Å²) in [5.74, 6) is 0. The van der Waals surface area contributed by atoms with Crippen molar-refractivity contribution in [1.82, 2.24) is 5.32 Å². The summed E-state index contributed by atoms with van der Waals surface area (Å²) < 4.78 is 11.4. The first kappa shape index (κ1) is 15.9. The van der Waals surface area contributed by atoms with Crippen molar-refractivity contribution in [1.29, 1.82) is 0 Å². The van der Waals surface area contributed by atoms with Gasteiger partial charge in [0.15, 0.2) is 0 Å². The Morgan fingerprint density at radius 3 is 2.83 bits per heavy atom. The molecule has 0 aromatic rings. The molecule has 0 aliphatic carbocycles. The summed E-state index contributed by atoms with van der Waals surface area (Å²) >= 11 is 0. The van der Waals surface area contributed by atoms with E-state index in [4.69, 9.17) is 9.47 Å². The standard InChI is InChI=1S/C15H31NO2/c1-5-15(4)12-14(8-11-18-15)16-9-6-7-10-17-13(2)3/h13-14,16H,5-12H2,1-4H3. The fourth-order valence-corrected chi connectivity index (χ4v) is 2.40. The summed E-state index contributed by atoms with van der Waals surface area (Å²) in [6, 6.07) is 0.634. The number of unbranched alkanes of at least 4 members (excludes halogenated alkanes) is 1. The molecule has 0 aromatic heterocycles. The molecule has 0 amide bonds. The van der Waals surface area contributed by atoms with Crippen LogP contribution >= 0.6 is 0 Å². The molecule has 108 valence electrons. The molecule has 0 bridgehead atoms. The van der Waals surface area contributed by atoms with Gasteiger partial charge in [0.1, 0.15) is 0 Å². The topological polar surface area (TPSA) is 30.5 Å². The molecule has 2 unspecified atom stereocenters. The fraction of sp³-hybridized carbons (Fsp3) is 1.00. The monoisotopic (exact) mass is 257 g/mol. The molecule has 2 atom stereocenters. The van der Waals surface area contributed by atoms with Gasteiger partial charge >= 0.3 is 0 Å². The summed E-state index contributed by atoms with van der Waals surface area (Å²) in [7, 11) is 0. The molecule has 18 heavy (non-hydrogen) atoms. The van der Waals surface area contributed by atoms with Gasteiger partial charge in [-0.1, -0.05) is 6.92 Å². The highest BCUT2D eigenvalue weighted by Crippen LogP contribution is 2.27. The van der Waals surface area contributed by atoms with Crippen LogP contribution in [0.4, 0.5) is 0 Å². The van der Waals surface area contributed by atoms with Crippen LogP contribution in [0.3, 0.4) is 0 Å². The van der Waals surface area contributed by atoms with Gasteiger partial charge in [-0.15, -0.1) is 0 Å². The first-order valence-electron chi connectivity index (χ1n) is 7.54. The van der Waals surface area contributed by atoms with Crippen LogP contribution < -0.4 is 5.32 Å². The van der Waals surface area contributed by atoms with Gasteiger partial charge in [0.05, 0.1) is 11.7 Å². The summed E-state index contributed by atoms with van der Waals surface area (Å²) in [5, 5.41) is 3.66. The molecule has 1 fully saturated rings. The maximum Gasteiger partial charge on any atom is 0.0666 e. The second kappa shape index (κ2) is 8.13. The highest BCUT2D eigenvalue weighted by molar-refractivity contribution is 4.85. The molecule has 3 nitrogen and oxygen atoms in total. The van der Waals surface area contributed by atoms with Crippen molar-refractivity contribution in [3.05, 3.63) is 0 Å². The third-order valence-electron chi connectivity index (χ3n) is 3.80. The van der Waals surface area contributed by atoms with Gasteiger partial charge in [-0.05, 0) is 59.4 Å². The number of ether oxygens (including phenoxy) is 2. The van der Waals surface area contributed by atoms with E-state index in [2.05, 4.69) is 33.0 Å². The van der Waals surface area contributed by atoms with Crippen molar-refractivity contribution in [2.24, 2.45) is 0 Å². The van der Waals surface area contributed by atoms with Crippen molar-refractivity contribution in [3.63, 3.8) is 0 Å². The van der Waals surface area contributed by atoms with Gasteiger partial charge in [-0.25, -0.2) is 0 Å². The van der Waals surface area contributed by atoms with Crippen molar-refractivity contribution in [2.75, 3.05) is 19.8 Å². The maximum absolute atomic E-state index is 5.86. The van der Waals surface area contributed by atoms with Gasteiger partial charge in [0.25, 0.3) is 0 Å². The number of rotatable bonds is 8. The average molecular weight is 257 g/mol. The Labute approximate surface area is 113 Å². The van der Waals surface area contributed by atoms with Crippen LogP contribution in [0.1, 0.15) is 59.8 Å². The summed E-state index contributed by atoms with van der Waals surface area (Å²) in [4.78, 5) is 0. The summed E-state index contributed by atoms with van der Waals surface area (Å²) in [6.45, 7) is 11.5. The lowest BCUT2D eigenvalue weighted by molar-refractivity contribution is -0.0779. The van der Waals surface area contributed by atoms with E-state index in [-0.39, 0.29) is 5.60 Å². The second-order valence-electron chi connectivity index (χ2n) is 5.92. The first-order valence-corrected chi connectivity index (χ1v) is 7.54. The Balaban J connectivity index is 2.05. The van der Waals surface area contributed by atoms with E-state index in [1.54, 1.807) is 0 Å². The lowest BCUT2D eigenvalue weighted by Gasteiger charge is -2.38. The van der Waals surface area contributed by atoms with Crippen molar-refractivity contribution < 1.29 is 9.47 Å². The summed E-state index contributed by atoms with van der Waals surface area (Å²) in [5.41, 5.74) is 0.0939. The molecule has 0 spiro atoms. The Morgan fingerprint density at radius 1 is 1.39 bits per heavy atom. The predicted molar refractivity (Wildman–Crippen MR) is 76.0 cm³/mol. The molecular weight excluding hydrogens is 226 g/mol. The zero-order chi connectivity index (χ0) is 13.4. The third-order valence-corrected chi connectivity index (χ3v) is 3.80. The fourth-order valence-electron chi connectivity index (χ4n) is 2.40. The molecule has 1 rings (SSSR count). The molecule has 0 aromatic carbocycles. The molecule has 1 N–H and O–H groups in total. The van der Waals surface area contributed by atoms with Crippen LogP contribution in [-0.2, 0) is 9.47 Å². The van der Waals surface area contributed by atoms with E-state index < -0.39 is 0 Å². The van der Waals surface area contributed by atoms with Gasteiger partial charge in [-0.2, -0.15) is 0 Å². The lowest BCUT2D eigenvalue weighted by atomic mass is 9.90. The Morgan fingerprint density at radius 2 is 2.17 bits per heavy atom. The minimum Gasteiger partial charge on any atom is -0.379 e. The largest absolute Gasteiger partial charge is 0.379 e. The van der Waals surface area contributed by atoms with Crippen LogP contribution in [-0.4, -0.2) is 37.5 Å². The normalized spacial score (nSPS) is 28.8. The molecule has 1 saturated heterocycles. The summed E-state index contributed by atoms with van der Waals surface area (Å²) in [6.07, 6.45) is 6.11. The van der Waals surface area contributed by atoms with E-state index in [9.17, 15) is 0 Å². The van der Waals surface area contributed by atoms with Crippen LogP contribution in [0.5, 0.6) is 0 Å². The van der Waals surface area contributed by atoms with E-state index >= 15 is 0 Å². The SMILES string of the molecule is CCC1(C)CC(NCCCCOC(C)C)CCO1. The van der Waals surface area contributed by atoms with Crippen molar-refractivity contribution in [3.8, 4) is 0 Å². The predicted octanol–water partition coefficient (Wildman–Crippen LogP) is 3.13. The van der Waals surface area contributed by atoms with E-state index in [1.807, 2.05) is 0 Å². The zero-order valence-corrected chi connectivity index (χ0v) is 12.6. The second-order valence-corrected chi connectivity index (χ2v) is 5.92. The molecule has 1 aliphatic rings. The minimum atomic E-state index is 0.0939. The molecule has 1 aliphatic heterocycles. The van der Waals surface area contributed by atoms with Crippen molar-refractivity contribution in [2.45, 2.75) is 77.5 Å². The Hall–Kier alpha value is -0.120. The molecular formula is C15H31NO2. The van der Waals surface area contributed by atoms with Crippen LogP contribution in [0, 0.1) is 0 Å². The van der Waals surface area contributed by atoms with Crippen molar-refractivity contribution >= 4 is 0 Å². The molecule has 0 radical (unpaired) electrons. The highest BCUT2D eigenvalue weighted by atomic mass is 16.5. The van der Waals surface area contributed by atoms with E-state index in [0.29, 0.717) is 12.1 Å². The van der Waals surface area contributed by atoms with Gasteiger partial charge < -0.3 is 14.8 Å². The quantitative estimate of drug-likeness (QED) is 0.678. The molecule has 1 heterocycles. The lowest BCUT2D eigenvalue weighted by Crippen LogP contribution is -2.45. The van der Waals surface area contributed by atoms with Gasteiger partial charge in [-0.3, -0.25) is 0 Å². The average Bonchev–Trinajstić information content (AvgIpc) is 2.33. The molecule has 0 saturated carbocycles. The zero-order valence-electron chi connectivity index (χ0n) is 12.6. The number of hydrogen-bond donors (Lipinski definition) is 1. The van der Waals surface area contributed by atoms with Crippen LogP contribution in [0.2, 0.25) is 0 Å². The van der Waals surface area contributed by atoms with Gasteiger partial charge in [0, 0.05) is 19.3 Å². The third kappa shape index (κ3) is 6.17.